The largest absolute Gasteiger partial charge is 0.265 e. The summed E-state index contributed by atoms with van der Waals surface area (Å²) in [5.41, 5.74) is 0.835. The van der Waals surface area contributed by atoms with Gasteiger partial charge in [-0.3, -0.25) is 9.71 Å². The average molecular weight is 397 g/mol. The predicted octanol–water partition coefficient (Wildman–Crippen LogP) is 3.16. The lowest BCUT2D eigenvalue weighted by Crippen LogP contribution is -2.12. The van der Waals surface area contributed by atoms with Crippen LogP contribution in [0, 0.1) is 0 Å². The lowest BCUT2D eigenvalue weighted by atomic mass is 10.3. The molecular weight excluding hydrogens is 388 g/mol. The molecule has 2 heterocycles. The fourth-order valence-electron chi connectivity index (χ4n) is 1.66. The van der Waals surface area contributed by atoms with Crippen molar-refractivity contribution in [1.82, 2.24) is 15.2 Å². The van der Waals surface area contributed by atoms with Gasteiger partial charge in [0.1, 0.15) is 5.01 Å². The van der Waals surface area contributed by atoms with Crippen molar-refractivity contribution in [2.75, 3.05) is 4.72 Å². The Hall–Kier alpha value is -1.84. The molecule has 0 atom stereocenters. The Bertz CT molecular complexity index is 880. The van der Waals surface area contributed by atoms with Crippen LogP contribution in [-0.4, -0.2) is 23.6 Å². The Kier molecular flexibility index (Phi) is 4.19. The van der Waals surface area contributed by atoms with Crippen molar-refractivity contribution in [3.8, 4) is 10.6 Å². The first-order valence-corrected chi connectivity index (χ1v) is 9.16. The minimum atomic E-state index is -3.67. The molecule has 0 saturated carbocycles. The molecule has 0 amide bonds. The average Bonchev–Trinajstić information content (AvgIpc) is 2.96. The summed E-state index contributed by atoms with van der Waals surface area (Å²) < 4.78 is 27.8. The van der Waals surface area contributed by atoms with Gasteiger partial charge < -0.3 is 0 Å². The molecule has 1 aromatic carbocycles. The third-order valence-electron chi connectivity index (χ3n) is 2.70. The number of halogens is 1. The first-order chi connectivity index (χ1) is 10.5. The zero-order chi connectivity index (χ0) is 15.6. The summed E-state index contributed by atoms with van der Waals surface area (Å²) in [6, 6.07) is 9.92. The fraction of sp³-hybridized carbons (Fsp3) is 0. The van der Waals surface area contributed by atoms with Gasteiger partial charge in [0, 0.05) is 22.4 Å². The molecular formula is C13H9BrN4O2S2. The van der Waals surface area contributed by atoms with E-state index in [1.807, 2.05) is 0 Å². The summed E-state index contributed by atoms with van der Waals surface area (Å²) in [7, 11) is -3.67. The van der Waals surface area contributed by atoms with E-state index in [1.165, 1.54) is 12.1 Å². The maximum absolute atomic E-state index is 12.3. The monoisotopic (exact) mass is 396 g/mol. The number of nitrogens with one attached hydrogen (secondary N) is 1. The van der Waals surface area contributed by atoms with E-state index in [1.54, 1.807) is 36.7 Å². The minimum Gasteiger partial charge on any atom is -0.265 e. The lowest BCUT2D eigenvalue weighted by molar-refractivity contribution is 0.601. The Morgan fingerprint density at radius 1 is 1.00 bits per heavy atom. The molecule has 0 unspecified atom stereocenters. The van der Waals surface area contributed by atoms with Crippen LogP contribution in [0.15, 0.2) is 58.2 Å². The van der Waals surface area contributed by atoms with Gasteiger partial charge in [0.25, 0.3) is 10.0 Å². The highest BCUT2D eigenvalue weighted by molar-refractivity contribution is 9.10. The molecule has 0 fully saturated rings. The molecule has 3 aromatic rings. The third kappa shape index (κ3) is 3.32. The smallest absolute Gasteiger partial charge is 0.263 e. The summed E-state index contributed by atoms with van der Waals surface area (Å²) in [4.78, 5) is 4.09. The molecule has 3 rings (SSSR count). The first-order valence-electron chi connectivity index (χ1n) is 6.07. The molecule has 2 aromatic heterocycles. The quantitative estimate of drug-likeness (QED) is 0.731. The van der Waals surface area contributed by atoms with Crippen molar-refractivity contribution in [1.29, 1.82) is 0 Å². The second-order valence-electron chi connectivity index (χ2n) is 4.21. The van der Waals surface area contributed by atoms with Crippen LogP contribution >= 0.6 is 27.3 Å². The SMILES string of the molecule is O=S(=O)(Nc1nnc(-c2ccncc2)s1)c1ccc(Br)cc1. The Morgan fingerprint density at radius 2 is 1.68 bits per heavy atom. The van der Waals surface area contributed by atoms with Crippen molar-refractivity contribution in [2.24, 2.45) is 0 Å². The molecule has 0 spiro atoms. The number of nitrogens with zero attached hydrogens (tertiary/aromatic N) is 3. The number of sulfonamides is 1. The van der Waals surface area contributed by atoms with Crippen LogP contribution in [0.1, 0.15) is 0 Å². The van der Waals surface area contributed by atoms with Gasteiger partial charge in [-0.05, 0) is 36.4 Å². The van der Waals surface area contributed by atoms with Crippen LogP contribution in [0.2, 0.25) is 0 Å². The first kappa shape index (κ1) is 15.1. The third-order valence-corrected chi connectivity index (χ3v) is 5.60. The van der Waals surface area contributed by atoms with Gasteiger partial charge in [-0.15, -0.1) is 10.2 Å². The van der Waals surface area contributed by atoms with Crippen LogP contribution in [0.25, 0.3) is 10.6 Å². The summed E-state index contributed by atoms with van der Waals surface area (Å²) in [5.74, 6) is 0. The van der Waals surface area contributed by atoms with Crippen LogP contribution in [0.5, 0.6) is 0 Å². The normalized spacial score (nSPS) is 11.3. The van der Waals surface area contributed by atoms with Crippen LogP contribution in [0.4, 0.5) is 5.13 Å². The highest BCUT2D eigenvalue weighted by atomic mass is 79.9. The van der Waals surface area contributed by atoms with E-state index in [0.29, 0.717) is 5.01 Å². The van der Waals surface area contributed by atoms with Crippen LogP contribution < -0.4 is 4.72 Å². The molecule has 6 nitrogen and oxygen atoms in total. The van der Waals surface area contributed by atoms with Crippen molar-refractivity contribution in [3.63, 3.8) is 0 Å². The molecule has 0 bridgehead atoms. The summed E-state index contributed by atoms with van der Waals surface area (Å²) in [6.45, 7) is 0. The number of hydrogen-bond donors (Lipinski definition) is 1. The molecule has 1 N–H and O–H groups in total. The molecule has 9 heteroatoms. The Balaban J connectivity index is 1.84. The molecule has 112 valence electrons. The number of hydrogen-bond acceptors (Lipinski definition) is 6. The van der Waals surface area contributed by atoms with Gasteiger partial charge in [-0.2, -0.15) is 0 Å². The Labute approximate surface area is 139 Å². The van der Waals surface area contributed by atoms with E-state index >= 15 is 0 Å². The predicted molar refractivity (Wildman–Crippen MR) is 88.1 cm³/mol. The lowest BCUT2D eigenvalue weighted by Gasteiger charge is -2.04. The van der Waals surface area contributed by atoms with E-state index < -0.39 is 10.0 Å². The van der Waals surface area contributed by atoms with Crippen molar-refractivity contribution < 1.29 is 8.42 Å². The van der Waals surface area contributed by atoms with Crippen LogP contribution in [0.3, 0.4) is 0 Å². The molecule has 0 aliphatic rings. The van der Waals surface area contributed by atoms with Crippen molar-refractivity contribution >= 4 is 42.4 Å². The maximum atomic E-state index is 12.3. The van der Waals surface area contributed by atoms with Gasteiger partial charge in [0.15, 0.2) is 0 Å². The number of anilines is 1. The second-order valence-corrected chi connectivity index (χ2v) is 7.78. The Morgan fingerprint density at radius 3 is 2.36 bits per heavy atom. The molecule has 0 aliphatic heterocycles. The number of aromatic nitrogens is 3. The zero-order valence-electron chi connectivity index (χ0n) is 11.0. The van der Waals surface area contributed by atoms with Gasteiger partial charge in [-0.1, -0.05) is 27.3 Å². The molecule has 0 aliphatic carbocycles. The summed E-state index contributed by atoms with van der Waals surface area (Å²) in [6.07, 6.45) is 3.28. The van der Waals surface area contributed by atoms with Gasteiger partial charge in [0.2, 0.25) is 5.13 Å². The summed E-state index contributed by atoms with van der Waals surface area (Å²) in [5, 5.41) is 8.69. The van der Waals surface area contributed by atoms with Crippen molar-refractivity contribution in [2.45, 2.75) is 4.90 Å². The van der Waals surface area contributed by atoms with Gasteiger partial charge in [-0.25, -0.2) is 8.42 Å². The van der Waals surface area contributed by atoms with E-state index in [2.05, 4.69) is 35.8 Å². The number of benzene rings is 1. The topological polar surface area (TPSA) is 84.8 Å². The molecule has 0 radical (unpaired) electrons. The van der Waals surface area contributed by atoms with E-state index in [9.17, 15) is 8.42 Å². The van der Waals surface area contributed by atoms with Crippen molar-refractivity contribution in [3.05, 3.63) is 53.3 Å². The molecule has 0 saturated heterocycles. The van der Waals surface area contributed by atoms with E-state index in [4.69, 9.17) is 0 Å². The maximum Gasteiger partial charge on any atom is 0.263 e. The highest BCUT2D eigenvalue weighted by Crippen LogP contribution is 2.27. The van der Waals surface area contributed by atoms with Gasteiger partial charge in [0.05, 0.1) is 4.90 Å². The van der Waals surface area contributed by atoms with E-state index in [-0.39, 0.29) is 10.0 Å². The number of rotatable bonds is 4. The molecule has 22 heavy (non-hydrogen) atoms. The van der Waals surface area contributed by atoms with Crippen LogP contribution in [-0.2, 0) is 10.0 Å². The van der Waals surface area contributed by atoms with Gasteiger partial charge >= 0.3 is 0 Å². The van der Waals surface area contributed by atoms with E-state index in [0.717, 1.165) is 21.4 Å². The zero-order valence-corrected chi connectivity index (χ0v) is 14.2. The number of pyridine rings is 1. The highest BCUT2D eigenvalue weighted by Gasteiger charge is 2.17. The fourth-order valence-corrected chi connectivity index (χ4v) is 3.91. The standard InChI is InChI=1S/C13H9BrN4O2S2/c14-10-1-3-11(4-2-10)22(19,20)18-13-17-16-12(21-13)9-5-7-15-8-6-9/h1-8H,(H,17,18). The second kappa shape index (κ2) is 6.11. The minimum absolute atomic E-state index is 0.163. The summed E-state index contributed by atoms with van der Waals surface area (Å²) >= 11 is 4.43.